The Hall–Kier alpha value is -1.82. The van der Waals surface area contributed by atoms with E-state index < -0.39 is 4.92 Å². The normalized spacial score (nSPS) is 11.1. The van der Waals surface area contributed by atoms with Gasteiger partial charge >= 0.3 is 0 Å². The van der Waals surface area contributed by atoms with Crippen molar-refractivity contribution in [2.45, 2.75) is 13.8 Å². The quantitative estimate of drug-likeness (QED) is 0.659. The maximum absolute atomic E-state index is 10.9. The third-order valence-electron chi connectivity index (χ3n) is 2.51. The van der Waals surface area contributed by atoms with E-state index in [1.807, 2.05) is 0 Å². The Morgan fingerprint density at radius 3 is 2.89 bits per heavy atom. The van der Waals surface area contributed by atoms with Crippen molar-refractivity contribution in [3.05, 3.63) is 27.4 Å². The molecule has 0 atom stereocenters. The lowest BCUT2D eigenvalue weighted by Crippen LogP contribution is -2.08. The van der Waals surface area contributed by atoms with Gasteiger partial charge in [0.1, 0.15) is 10.7 Å². The molecule has 6 nitrogen and oxygen atoms in total. The van der Waals surface area contributed by atoms with Gasteiger partial charge in [-0.3, -0.25) is 15.2 Å². The molecule has 7 heteroatoms. The molecule has 1 aromatic carbocycles. The Balaban J connectivity index is 2.51. The summed E-state index contributed by atoms with van der Waals surface area (Å²) in [6, 6.07) is 2.89. The molecule has 0 aliphatic rings. The van der Waals surface area contributed by atoms with Crippen LogP contribution in [0.25, 0.3) is 10.9 Å². The zero-order chi connectivity index (χ0) is 13.3. The van der Waals surface area contributed by atoms with Crippen molar-refractivity contribution in [3.8, 4) is 0 Å². The smallest absolute Gasteiger partial charge is 0.272 e. The van der Waals surface area contributed by atoms with Crippen molar-refractivity contribution in [2.75, 3.05) is 11.9 Å². The number of aromatic nitrogens is 2. The van der Waals surface area contributed by atoms with E-state index in [4.69, 9.17) is 11.6 Å². The molecule has 0 saturated heterocycles. The van der Waals surface area contributed by atoms with Crippen LogP contribution >= 0.6 is 11.6 Å². The fourth-order valence-electron chi connectivity index (χ4n) is 1.63. The summed E-state index contributed by atoms with van der Waals surface area (Å²) in [6.07, 6.45) is 0. The van der Waals surface area contributed by atoms with Crippen molar-refractivity contribution in [3.63, 3.8) is 0 Å². The van der Waals surface area contributed by atoms with E-state index in [0.717, 1.165) is 0 Å². The molecule has 0 amide bonds. The molecule has 0 spiro atoms. The number of fused-ring (bicyclic) bond motifs is 1. The number of hydrogen-bond acceptors (Lipinski definition) is 4. The average molecular weight is 269 g/mol. The van der Waals surface area contributed by atoms with E-state index in [-0.39, 0.29) is 5.69 Å². The summed E-state index contributed by atoms with van der Waals surface area (Å²) in [6.45, 7) is 4.82. The number of aromatic amines is 1. The van der Waals surface area contributed by atoms with Crippen LogP contribution < -0.4 is 5.32 Å². The molecule has 2 rings (SSSR count). The predicted molar refractivity (Wildman–Crippen MR) is 71.1 cm³/mol. The summed E-state index contributed by atoms with van der Waals surface area (Å²) in [5.74, 6) is 0.425. The van der Waals surface area contributed by atoms with Crippen LogP contribution in [0.15, 0.2) is 12.1 Å². The summed E-state index contributed by atoms with van der Waals surface area (Å²) >= 11 is 5.92. The second kappa shape index (κ2) is 4.81. The van der Waals surface area contributed by atoms with Crippen molar-refractivity contribution >= 4 is 33.9 Å². The number of anilines is 1. The SMILES string of the molecule is CC(C)CNc1cc([N+](=O)[O-])cc2c(Cl)[nH]nc12. The summed E-state index contributed by atoms with van der Waals surface area (Å²) in [5.41, 5.74) is 1.24. The van der Waals surface area contributed by atoms with Crippen LogP contribution in [0.4, 0.5) is 11.4 Å². The van der Waals surface area contributed by atoms with Crippen LogP contribution in [0.3, 0.4) is 0 Å². The predicted octanol–water partition coefficient (Wildman–Crippen LogP) is 3.19. The van der Waals surface area contributed by atoms with Gasteiger partial charge in [0.25, 0.3) is 5.69 Å². The largest absolute Gasteiger partial charge is 0.383 e. The molecule has 0 fully saturated rings. The first-order valence-electron chi connectivity index (χ1n) is 5.55. The highest BCUT2D eigenvalue weighted by atomic mass is 35.5. The minimum absolute atomic E-state index is 0.00273. The molecule has 0 bridgehead atoms. The number of benzene rings is 1. The zero-order valence-corrected chi connectivity index (χ0v) is 10.8. The number of nitro groups is 1. The van der Waals surface area contributed by atoms with Gasteiger partial charge in [-0.1, -0.05) is 25.4 Å². The van der Waals surface area contributed by atoms with Crippen LogP contribution in [0, 0.1) is 16.0 Å². The van der Waals surface area contributed by atoms with E-state index in [9.17, 15) is 10.1 Å². The average Bonchev–Trinajstić information content (AvgIpc) is 2.68. The van der Waals surface area contributed by atoms with Gasteiger partial charge < -0.3 is 5.32 Å². The molecule has 18 heavy (non-hydrogen) atoms. The number of nitrogens with one attached hydrogen (secondary N) is 2. The number of nitro benzene ring substituents is 1. The van der Waals surface area contributed by atoms with Crippen molar-refractivity contribution < 1.29 is 4.92 Å². The highest BCUT2D eigenvalue weighted by Crippen LogP contribution is 2.31. The van der Waals surface area contributed by atoms with Gasteiger partial charge in [-0.15, -0.1) is 0 Å². The van der Waals surface area contributed by atoms with Gasteiger partial charge in [0.15, 0.2) is 0 Å². The Bertz CT molecular complexity index is 594. The number of hydrogen-bond donors (Lipinski definition) is 2. The molecule has 1 heterocycles. The van der Waals surface area contributed by atoms with E-state index in [0.29, 0.717) is 34.2 Å². The third kappa shape index (κ3) is 2.38. The number of halogens is 1. The van der Waals surface area contributed by atoms with Gasteiger partial charge in [0.2, 0.25) is 0 Å². The fraction of sp³-hybridized carbons (Fsp3) is 0.364. The van der Waals surface area contributed by atoms with Gasteiger partial charge in [0.05, 0.1) is 10.6 Å². The lowest BCUT2D eigenvalue weighted by molar-refractivity contribution is -0.384. The first-order chi connectivity index (χ1) is 8.49. The number of non-ortho nitro benzene ring substituents is 1. The highest BCUT2D eigenvalue weighted by molar-refractivity contribution is 6.34. The molecule has 0 radical (unpaired) electrons. The Labute approximate surface area is 108 Å². The molecule has 2 N–H and O–H groups in total. The van der Waals surface area contributed by atoms with Crippen LogP contribution in [0.5, 0.6) is 0 Å². The van der Waals surface area contributed by atoms with E-state index in [2.05, 4.69) is 29.4 Å². The lowest BCUT2D eigenvalue weighted by Gasteiger charge is -2.09. The molecule has 96 valence electrons. The van der Waals surface area contributed by atoms with Crippen molar-refractivity contribution in [1.82, 2.24) is 10.2 Å². The number of nitrogens with zero attached hydrogens (tertiary/aromatic N) is 2. The first-order valence-corrected chi connectivity index (χ1v) is 5.92. The molecule has 2 aromatic rings. The second-order valence-corrected chi connectivity index (χ2v) is 4.84. The van der Waals surface area contributed by atoms with Gasteiger partial charge in [-0.05, 0) is 5.92 Å². The minimum Gasteiger partial charge on any atom is -0.383 e. The van der Waals surface area contributed by atoms with E-state index in [1.165, 1.54) is 12.1 Å². The van der Waals surface area contributed by atoms with Gasteiger partial charge in [-0.25, -0.2) is 0 Å². The molecule has 0 aliphatic carbocycles. The molecular weight excluding hydrogens is 256 g/mol. The monoisotopic (exact) mass is 268 g/mol. The van der Waals surface area contributed by atoms with Crippen molar-refractivity contribution in [1.29, 1.82) is 0 Å². The summed E-state index contributed by atoms with van der Waals surface area (Å²) in [7, 11) is 0. The maximum atomic E-state index is 10.9. The Kier molecular flexibility index (Phi) is 3.38. The highest BCUT2D eigenvalue weighted by Gasteiger charge is 2.16. The molecule has 1 aromatic heterocycles. The maximum Gasteiger partial charge on any atom is 0.272 e. The minimum atomic E-state index is -0.441. The second-order valence-electron chi connectivity index (χ2n) is 4.46. The van der Waals surface area contributed by atoms with Crippen LogP contribution in [-0.2, 0) is 0 Å². The summed E-state index contributed by atoms with van der Waals surface area (Å²) < 4.78 is 0. The molecular formula is C11H13ClN4O2. The van der Waals surface area contributed by atoms with E-state index in [1.54, 1.807) is 0 Å². The van der Waals surface area contributed by atoms with Gasteiger partial charge in [-0.2, -0.15) is 5.10 Å². The summed E-state index contributed by atoms with van der Waals surface area (Å²) in [5, 5.41) is 21.6. The third-order valence-corrected chi connectivity index (χ3v) is 2.80. The number of rotatable bonds is 4. The fourth-order valence-corrected chi connectivity index (χ4v) is 1.81. The Morgan fingerprint density at radius 2 is 2.28 bits per heavy atom. The lowest BCUT2D eigenvalue weighted by atomic mass is 10.1. The molecule has 0 unspecified atom stereocenters. The molecule has 0 saturated carbocycles. The first kappa shape index (κ1) is 12.6. The molecule has 0 aliphatic heterocycles. The van der Waals surface area contributed by atoms with Crippen LogP contribution in [-0.4, -0.2) is 21.7 Å². The van der Waals surface area contributed by atoms with Crippen LogP contribution in [0.1, 0.15) is 13.8 Å². The van der Waals surface area contributed by atoms with Crippen LogP contribution in [0.2, 0.25) is 5.15 Å². The van der Waals surface area contributed by atoms with E-state index >= 15 is 0 Å². The number of H-pyrrole nitrogens is 1. The van der Waals surface area contributed by atoms with Gasteiger partial charge in [0, 0.05) is 24.1 Å². The Morgan fingerprint density at radius 1 is 1.56 bits per heavy atom. The van der Waals surface area contributed by atoms with Crippen molar-refractivity contribution in [2.24, 2.45) is 5.92 Å². The summed E-state index contributed by atoms with van der Waals surface area (Å²) in [4.78, 5) is 10.4. The topological polar surface area (TPSA) is 83.9 Å². The zero-order valence-electron chi connectivity index (χ0n) is 10.0. The standard InChI is InChI=1S/C11H13ClN4O2/c1-6(2)5-13-9-4-7(16(17)18)3-8-10(9)14-15-11(8)12/h3-4,6,13H,5H2,1-2H3,(H,14,15).